The Balaban J connectivity index is 3.01. The second-order valence-electron chi connectivity index (χ2n) is 1.99. The Morgan fingerprint density at radius 1 is 1.67 bits per heavy atom. The molecule has 0 saturated carbocycles. The quantitative estimate of drug-likeness (QED) is 0.537. The average Bonchev–Trinajstić information content (AvgIpc) is 1.89. The molecular weight excluding hydrogens is 115 g/mol. The van der Waals surface area contributed by atoms with E-state index in [0.717, 1.165) is 11.1 Å². The normalized spacial score (nSPS) is 9.56. The minimum atomic E-state index is -0.386. The molecule has 1 heteroatoms. The average molecular weight is 123 g/mol. The van der Waals surface area contributed by atoms with Crippen LogP contribution in [0.1, 0.15) is 11.1 Å². The van der Waals surface area contributed by atoms with Crippen molar-refractivity contribution in [3.63, 3.8) is 0 Å². The van der Waals surface area contributed by atoms with Crippen LogP contribution in [0.2, 0.25) is 0 Å². The Morgan fingerprint density at radius 3 is 2.89 bits per heavy atom. The van der Waals surface area contributed by atoms with Gasteiger partial charge >= 0.3 is 0 Å². The van der Waals surface area contributed by atoms with Gasteiger partial charge in [-0.2, -0.15) is 0 Å². The highest BCUT2D eigenvalue weighted by atomic mass is 19.1. The molecule has 0 atom stereocenters. The topological polar surface area (TPSA) is 0 Å². The van der Waals surface area contributed by atoms with Crippen LogP contribution >= 0.6 is 0 Å². The lowest BCUT2D eigenvalue weighted by molar-refractivity contribution is 0.483. The van der Waals surface area contributed by atoms with Crippen LogP contribution in [0.5, 0.6) is 0 Å². The van der Waals surface area contributed by atoms with Crippen molar-refractivity contribution in [2.24, 2.45) is 0 Å². The highest BCUT2D eigenvalue weighted by molar-refractivity contribution is 5.23. The van der Waals surface area contributed by atoms with Crippen molar-refractivity contribution in [2.75, 3.05) is 0 Å². The van der Waals surface area contributed by atoms with Crippen molar-refractivity contribution in [1.82, 2.24) is 0 Å². The predicted molar refractivity (Wildman–Crippen MR) is 34.8 cm³/mol. The number of hydrogen-bond acceptors (Lipinski definition) is 0. The van der Waals surface area contributed by atoms with Gasteiger partial charge in [0.25, 0.3) is 0 Å². The van der Waals surface area contributed by atoms with E-state index in [0.29, 0.717) is 0 Å². The van der Waals surface area contributed by atoms with Gasteiger partial charge < -0.3 is 0 Å². The van der Waals surface area contributed by atoms with Gasteiger partial charge in [0.05, 0.1) is 0 Å². The fourth-order valence-corrected chi connectivity index (χ4v) is 0.687. The van der Waals surface area contributed by atoms with Crippen LogP contribution in [0.25, 0.3) is 0 Å². The molecule has 0 heterocycles. The van der Waals surface area contributed by atoms with Crippen molar-refractivity contribution >= 4 is 0 Å². The summed E-state index contributed by atoms with van der Waals surface area (Å²) in [6.07, 6.45) is 0. The summed E-state index contributed by atoms with van der Waals surface area (Å²) >= 11 is 0. The van der Waals surface area contributed by atoms with E-state index in [2.05, 4.69) is 6.07 Å². The summed E-state index contributed by atoms with van der Waals surface area (Å²) in [7, 11) is 0. The predicted octanol–water partition coefficient (Wildman–Crippen LogP) is 2.26. The van der Waals surface area contributed by atoms with Crippen LogP contribution in [-0.4, -0.2) is 0 Å². The van der Waals surface area contributed by atoms with Gasteiger partial charge in [-0.25, -0.2) is 4.39 Å². The monoisotopic (exact) mass is 123 g/mol. The minimum Gasteiger partial charge on any atom is -0.246 e. The number of benzene rings is 1. The van der Waals surface area contributed by atoms with Crippen LogP contribution in [-0.2, 0) is 6.67 Å². The van der Waals surface area contributed by atoms with Crippen molar-refractivity contribution in [3.05, 3.63) is 35.4 Å². The highest BCUT2D eigenvalue weighted by Crippen LogP contribution is 2.06. The summed E-state index contributed by atoms with van der Waals surface area (Å²) in [5.41, 5.74) is 1.73. The van der Waals surface area contributed by atoms with Gasteiger partial charge in [0.1, 0.15) is 6.67 Å². The van der Waals surface area contributed by atoms with Crippen LogP contribution in [0.4, 0.5) is 4.39 Å². The molecule has 1 rings (SSSR count). The molecular formula is C8H8F. The van der Waals surface area contributed by atoms with Crippen LogP contribution in [0, 0.1) is 13.0 Å². The molecule has 1 aromatic rings. The summed E-state index contributed by atoms with van der Waals surface area (Å²) in [5.74, 6) is 0. The van der Waals surface area contributed by atoms with Crippen molar-refractivity contribution in [2.45, 2.75) is 13.6 Å². The Hall–Kier alpha value is -0.850. The first kappa shape index (κ1) is 6.27. The van der Waals surface area contributed by atoms with Gasteiger partial charge in [0, 0.05) is 0 Å². The standard InChI is InChI=1S/C8H8F/c1-7-4-2-3-5-8(7)6-9/h2,4-5H,6H2,1H3. The summed E-state index contributed by atoms with van der Waals surface area (Å²) in [6, 6.07) is 8.13. The van der Waals surface area contributed by atoms with E-state index in [4.69, 9.17) is 0 Å². The molecule has 0 amide bonds. The zero-order valence-corrected chi connectivity index (χ0v) is 5.32. The number of aryl methyl sites for hydroxylation is 1. The van der Waals surface area contributed by atoms with Crippen molar-refractivity contribution in [3.8, 4) is 0 Å². The number of alkyl halides is 1. The molecule has 0 aromatic heterocycles. The van der Waals surface area contributed by atoms with E-state index in [9.17, 15) is 4.39 Å². The smallest absolute Gasteiger partial charge is 0.115 e. The molecule has 0 saturated heterocycles. The zero-order chi connectivity index (χ0) is 6.69. The third-order valence-corrected chi connectivity index (χ3v) is 1.34. The second-order valence-corrected chi connectivity index (χ2v) is 1.99. The molecule has 1 radical (unpaired) electrons. The molecule has 0 aliphatic carbocycles. The van der Waals surface area contributed by atoms with Crippen LogP contribution in [0.15, 0.2) is 18.2 Å². The van der Waals surface area contributed by atoms with Gasteiger partial charge in [0.15, 0.2) is 0 Å². The lowest BCUT2D eigenvalue weighted by Gasteiger charge is -1.96. The largest absolute Gasteiger partial charge is 0.246 e. The summed E-state index contributed by atoms with van der Waals surface area (Å²) < 4.78 is 12.0. The minimum absolute atomic E-state index is 0.386. The van der Waals surface area contributed by atoms with E-state index in [-0.39, 0.29) is 6.67 Å². The molecule has 0 unspecified atom stereocenters. The Kier molecular flexibility index (Phi) is 1.83. The molecule has 47 valence electrons. The van der Waals surface area contributed by atoms with Gasteiger partial charge in [0.2, 0.25) is 0 Å². The Morgan fingerprint density at radius 2 is 2.44 bits per heavy atom. The maximum Gasteiger partial charge on any atom is 0.115 e. The summed E-state index contributed by atoms with van der Waals surface area (Å²) in [6.45, 7) is 1.51. The molecule has 0 N–H and O–H groups in total. The van der Waals surface area contributed by atoms with Crippen LogP contribution < -0.4 is 0 Å². The number of hydrogen-bond donors (Lipinski definition) is 0. The molecule has 1 aromatic carbocycles. The maximum absolute atomic E-state index is 12.0. The van der Waals surface area contributed by atoms with Crippen molar-refractivity contribution in [1.29, 1.82) is 0 Å². The molecule has 0 nitrogen and oxygen atoms in total. The maximum atomic E-state index is 12.0. The van der Waals surface area contributed by atoms with E-state index in [1.54, 1.807) is 12.1 Å². The van der Waals surface area contributed by atoms with E-state index >= 15 is 0 Å². The highest BCUT2D eigenvalue weighted by Gasteiger charge is 1.92. The van der Waals surface area contributed by atoms with Crippen LogP contribution in [0.3, 0.4) is 0 Å². The lowest BCUT2D eigenvalue weighted by Crippen LogP contribution is -1.81. The van der Waals surface area contributed by atoms with Crippen molar-refractivity contribution < 1.29 is 4.39 Å². The third-order valence-electron chi connectivity index (χ3n) is 1.34. The first-order chi connectivity index (χ1) is 4.34. The molecule has 0 aliphatic heterocycles. The third kappa shape index (κ3) is 1.28. The first-order valence-electron chi connectivity index (χ1n) is 2.86. The van der Waals surface area contributed by atoms with Gasteiger partial charge in [-0.1, -0.05) is 12.1 Å². The SMILES string of the molecule is Cc1cc[c]cc1CF. The Bertz CT molecular complexity index is 194. The summed E-state index contributed by atoms with van der Waals surface area (Å²) in [4.78, 5) is 0. The summed E-state index contributed by atoms with van der Waals surface area (Å²) in [5, 5.41) is 0. The second kappa shape index (κ2) is 2.62. The molecule has 0 spiro atoms. The number of rotatable bonds is 1. The van der Waals surface area contributed by atoms with Gasteiger partial charge in [-0.05, 0) is 30.2 Å². The fourth-order valence-electron chi connectivity index (χ4n) is 0.687. The first-order valence-corrected chi connectivity index (χ1v) is 2.86. The van der Waals surface area contributed by atoms with E-state index in [1.807, 2.05) is 13.0 Å². The Labute approximate surface area is 54.3 Å². The van der Waals surface area contributed by atoms with E-state index < -0.39 is 0 Å². The number of halogens is 1. The fraction of sp³-hybridized carbons (Fsp3) is 0.250. The molecule has 9 heavy (non-hydrogen) atoms. The molecule has 0 bridgehead atoms. The van der Waals surface area contributed by atoms with Gasteiger partial charge in [-0.3, -0.25) is 0 Å². The zero-order valence-electron chi connectivity index (χ0n) is 5.32. The molecule has 0 fully saturated rings. The lowest BCUT2D eigenvalue weighted by atomic mass is 10.1. The van der Waals surface area contributed by atoms with E-state index in [1.165, 1.54) is 0 Å². The molecule has 0 aliphatic rings. The van der Waals surface area contributed by atoms with Gasteiger partial charge in [-0.15, -0.1) is 0 Å².